The van der Waals surface area contributed by atoms with Gasteiger partial charge in [-0.2, -0.15) is 4.98 Å². The lowest BCUT2D eigenvalue weighted by molar-refractivity contribution is -0.122. The number of benzene rings is 2. The maximum absolute atomic E-state index is 13.1. The van der Waals surface area contributed by atoms with E-state index in [0.717, 1.165) is 11.1 Å². The highest BCUT2D eigenvalue weighted by molar-refractivity contribution is 6.31. The van der Waals surface area contributed by atoms with Gasteiger partial charge in [-0.25, -0.2) is 9.58 Å². The van der Waals surface area contributed by atoms with Crippen LogP contribution in [0.3, 0.4) is 0 Å². The first kappa shape index (κ1) is 20.2. The Balaban J connectivity index is 1.42. The van der Waals surface area contributed by atoms with Crippen LogP contribution >= 0.6 is 11.6 Å². The number of halogens is 1. The second kappa shape index (κ2) is 7.85. The second-order valence-electron chi connectivity index (χ2n) is 8.73. The molecular weight excluding hydrogens is 438 g/mol. The number of hydrogen-bond acceptors (Lipinski definition) is 5. The molecule has 1 N–H and O–H groups in total. The number of anilines is 2. The van der Waals surface area contributed by atoms with Gasteiger partial charge in [0, 0.05) is 5.02 Å². The lowest BCUT2D eigenvalue weighted by atomic mass is 9.85. The summed E-state index contributed by atoms with van der Waals surface area (Å²) >= 11 is 6.57. The van der Waals surface area contributed by atoms with Crippen molar-refractivity contribution in [2.24, 2.45) is 11.8 Å². The van der Waals surface area contributed by atoms with Crippen LogP contribution in [-0.2, 0) is 9.59 Å². The smallest absolute Gasteiger partial charge is 0.260 e. The molecule has 33 heavy (non-hydrogen) atoms. The predicted octanol–water partition coefficient (Wildman–Crippen LogP) is 4.53. The highest BCUT2D eigenvalue weighted by atomic mass is 35.5. The molecule has 4 unspecified atom stereocenters. The van der Waals surface area contributed by atoms with Gasteiger partial charge in [0.1, 0.15) is 0 Å². The minimum Gasteiger partial charge on any atom is -0.347 e. The van der Waals surface area contributed by atoms with Gasteiger partial charge in [0.05, 0.1) is 23.9 Å². The van der Waals surface area contributed by atoms with E-state index < -0.39 is 0 Å². The fourth-order valence-corrected chi connectivity index (χ4v) is 5.43. The van der Waals surface area contributed by atoms with Gasteiger partial charge in [0.15, 0.2) is 0 Å². The number of aromatic nitrogens is 3. The summed E-state index contributed by atoms with van der Waals surface area (Å²) in [5.41, 5.74) is 2.05. The van der Waals surface area contributed by atoms with Crippen molar-refractivity contribution in [3.8, 4) is 0 Å². The molecule has 1 aromatic heterocycles. The highest BCUT2D eigenvalue weighted by Gasteiger charge is 2.50. The van der Waals surface area contributed by atoms with E-state index in [4.69, 9.17) is 11.6 Å². The van der Waals surface area contributed by atoms with E-state index in [-0.39, 0.29) is 41.7 Å². The van der Waals surface area contributed by atoms with Crippen molar-refractivity contribution in [3.05, 3.63) is 82.9 Å². The Hall–Kier alpha value is -3.45. The van der Waals surface area contributed by atoms with E-state index in [9.17, 15) is 9.59 Å². The summed E-state index contributed by atoms with van der Waals surface area (Å²) in [5, 5.41) is 8.76. The minimum absolute atomic E-state index is 0.0196. The summed E-state index contributed by atoms with van der Waals surface area (Å²) in [6.45, 7) is 0. The van der Waals surface area contributed by atoms with E-state index in [1.165, 1.54) is 4.90 Å². The Labute approximate surface area is 196 Å². The number of amides is 2. The molecule has 8 heteroatoms. The monoisotopic (exact) mass is 459 g/mol. The molecule has 6 rings (SSSR count). The Morgan fingerprint density at radius 3 is 2.27 bits per heavy atom. The van der Waals surface area contributed by atoms with Crippen LogP contribution in [0.2, 0.25) is 5.02 Å². The molecule has 0 radical (unpaired) electrons. The SMILES string of the molecule is O=C1C2CC=CCC2C(=O)N1c1nc2n(n1)C(c1ccccc1Cl)CC(c1ccccc1)N2. The maximum atomic E-state index is 13.1. The van der Waals surface area contributed by atoms with Gasteiger partial charge >= 0.3 is 0 Å². The van der Waals surface area contributed by atoms with Crippen molar-refractivity contribution in [2.45, 2.75) is 31.3 Å². The van der Waals surface area contributed by atoms with E-state index in [0.29, 0.717) is 30.2 Å². The third kappa shape index (κ3) is 3.26. The summed E-state index contributed by atoms with van der Waals surface area (Å²) < 4.78 is 1.76. The molecule has 3 aromatic rings. The zero-order valence-electron chi connectivity index (χ0n) is 17.8. The summed E-state index contributed by atoms with van der Waals surface area (Å²) in [6, 6.07) is 17.6. The quantitative estimate of drug-likeness (QED) is 0.459. The van der Waals surface area contributed by atoms with Crippen LogP contribution in [0.5, 0.6) is 0 Å². The van der Waals surface area contributed by atoms with E-state index >= 15 is 0 Å². The number of fused-ring (bicyclic) bond motifs is 2. The van der Waals surface area contributed by atoms with Crippen LogP contribution in [0.25, 0.3) is 0 Å². The Kier molecular flexibility index (Phi) is 4.80. The van der Waals surface area contributed by atoms with Crippen LogP contribution in [0.15, 0.2) is 66.7 Å². The van der Waals surface area contributed by atoms with Gasteiger partial charge < -0.3 is 5.32 Å². The van der Waals surface area contributed by atoms with E-state index in [2.05, 4.69) is 27.5 Å². The van der Waals surface area contributed by atoms with E-state index in [1.54, 1.807) is 4.68 Å². The largest absolute Gasteiger partial charge is 0.347 e. The molecule has 0 bridgehead atoms. The fourth-order valence-electron chi connectivity index (χ4n) is 5.17. The van der Waals surface area contributed by atoms with Crippen molar-refractivity contribution in [1.29, 1.82) is 0 Å². The van der Waals surface area contributed by atoms with Crippen molar-refractivity contribution in [1.82, 2.24) is 14.8 Å². The lowest BCUT2D eigenvalue weighted by Gasteiger charge is -2.32. The third-order valence-electron chi connectivity index (χ3n) is 6.85. The van der Waals surface area contributed by atoms with Gasteiger partial charge in [0.25, 0.3) is 5.95 Å². The highest BCUT2D eigenvalue weighted by Crippen LogP contribution is 2.42. The molecule has 1 aliphatic carbocycles. The zero-order valence-corrected chi connectivity index (χ0v) is 18.5. The van der Waals surface area contributed by atoms with Crippen molar-refractivity contribution in [3.63, 3.8) is 0 Å². The van der Waals surface area contributed by atoms with Gasteiger partial charge in [-0.05, 0) is 36.5 Å². The molecule has 0 saturated carbocycles. The first-order valence-electron chi connectivity index (χ1n) is 11.2. The van der Waals surface area contributed by atoms with Crippen molar-refractivity contribution < 1.29 is 9.59 Å². The summed E-state index contributed by atoms with van der Waals surface area (Å²) in [5.74, 6) is -0.437. The summed E-state index contributed by atoms with van der Waals surface area (Å²) in [6.07, 6.45) is 5.80. The topological polar surface area (TPSA) is 80.1 Å². The molecule has 7 nitrogen and oxygen atoms in total. The Morgan fingerprint density at radius 1 is 0.909 bits per heavy atom. The van der Waals surface area contributed by atoms with Crippen LogP contribution in [0, 0.1) is 11.8 Å². The molecule has 2 amide bonds. The number of hydrogen-bond donors (Lipinski definition) is 1. The van der Waals surface area contributed by atoms with Crippen LogP contribution in [0.4, 0.5) is 11.9 Å². The minimum atomic E-state index is -0.326. The molecule has 1 saturated heterocycles. The maximum Gasteiger partial charge on any atom is 0.260 e. The Morgan fingerprint density at radius 2 is 1.58 bits per heavy atom. The van der Waals surface area contributed by atoms with Gasteiger partial charge in [0.2, 0.25) is 17.8 Å². The molecule has 4 atom stereocenters. The standard InChI is InChI=1S/C25H22ClN5O2/c26-19-13-7-6-12-18(19)21-14-20(15-8-2-1-3-9-15)27-24-28-25(29-31(21)24)30-22(32)16-10-4-5-11-17(16)23(30)33/h1-9,12-13,16-17,20-21H,10-11,14H2,(H,27,28,29). The van der Waals surface area contributed by atoms with Crippen molar-refractivity contribution in [2.75, 3.05) is 10.2 Å². The van der Waals surface area contributed by atoms with Crippen LogP contribution < -0.4 is 10.2 Å². The average Bonchev–Trinajstić information content (AvgIpc) is 3.38. The molecular formula is C25H22ClN5O2. The Bertz CT molecular complexity index is 1240. The number of carbonyl (C=O) groups is 2. The van der Waals surface area contributed by atoms with Crippen LogP contribution in [0.1, 0.15) is 42.5 Å². The molecule has 166 valence electrons. The van der Waals surface area contributed by atoms with E-state index in [1.807, 2.05) is 54.6 Å². The first-order chi connectivity index (χ1) is 16.1. The van der Waals surface area contributed by atoms with Gasteiger partial charge in [-0.1, -0.05) is 72.3 Å². The predicted molar refractivity (Wildman–Crippen MR) is 125 cm³/mol. The fraction of sp³-hybridized carbons (Fsp3) is 0.280. The second-order valence-corrected chi connectivity index (χ2v) is 9.14. The molecule has 2 aromatic carbocycles. The summed E-state index contributed by atoms with van der Waals surface area (Å²) in [4.78, 5) is 32.0. The molecule has 1 fully saturated rings. The van der Waals surface area contributed by atoms with Gasteiger partial charge in [-0.3, -0.25) is 9.59 Å². The summed E-state index contributed by atoms with van der Waals surface area (Å²) in [7, 11) is 0. The number of nitrogens with zero attached hydrogens (tertiary/aromatic N) is 4. The average molecular weight is 460 g/mol. The number of allylic oxidation sites excluding steroid dienone is 2. The normalized spacial score (nSPS) is 26.2. The third-order valence-corrected chi connectivity index (χ3v) is 7.20. The number of nitrogens with one attached hydrogen (secondary N) is 1. The lowest BCUT2D eigenvalue weighted by Crippen LogP contribution is -2.32. The molecule has 2 aliphatic heterocycles. The number of rotatable bonds is 3. The number of carbonyl (C=O) groups excluding carboxylic acids is 2. The van der Waals surface area contributed by atoms with Crippen LogP contribution in [-0.4, -0.2) is 26.6 Å². The number of imide groups is 1. The molecule has 0 spiro atoms. The zero-order chi connectivity index (χ0) is 22.5. The van der Waals surface area contributed by atoms with Crippen molar-refractivity contribution >= 4 is 35.3 Å². The molecule has 3 aliphatic rings. The van der Waals surface area contributed by atoms with Gasteiger partial charge in [-0.15, -0.1) is 5.10 Å². The molecule has 3 heterocycles. The first-order valence-corrected chi connectivity index (χ1v) is 11.5.